The van der Waals surface area contributed by atoms with E-state index in [2.05, 4.69) is 5.43 Å². The molecule has 1 aliphatic rings. The van der Waals surface area contributed by atoms with Gasteiger partial charge in [-0.15, -0.1) is 0 Å². The molecule has 8 nitrogen and oxygen atoms in total. The Morgan fingerprint density at radius 1 is 1.19 bits per heavy atom. The number of fused-ring (bicyclic) bond motifs is 1. The molecule has 21 heavy (non-hydrogen) atoms. The average Bonchev–Trinajstić information content (AvgIpc) is 2.68. The molecule has 1 aromatic rings. The van der Waals surface area contributed by atoms with Crippen LogP contribution in [0.4, 0.5) is 0 Å². The lowest BCUT2D eigenvalue weighted by Gasteiger charge is -2.20. The Hall–Kier alpha value is -2.74. The predicted molar refractivity (Wildman–Crippen MR) is 69.9 cm³/mol. The van der Waals surface area contributed by atoms with E-state index in [0.717, 1.165) is 0 Å². The van der Waals surface area contributed by atoms with E-state index in [4.69, 9.17) is 10.8 Å². The minimum absolute atomic E-state index is 0.127. The third kappa shape index (κ3) is 2.90. The van der Waals surface area contributed by atoms with E-state index in [9.17, 15) is 19.2 Å². The van der Waals surface area contributed by atoms with Crippen LogP contribution in [0.3, 0.4) is 0 Å². The van der Waals surface area contributed by atoms with E-state index >= 15 is 0 Å². The third-order valence-corrected chi connectivity index (χ3v) is 3.06. The van der Waals surface area contributed by atoms with Gasteiger partial charge in [-0.25, -0.2) is 10.4 Å². The monoisotopic (exact) mass is 291 g/mol. The number of imide groups is 1. The van der Waals surface area contributed by atoms with Crippen LogP contribution in [0.25, 0.3) is 0 Å². The van der Waals surface area contributed by atoms with Crippen molar-refractivity contribution in [3.63, 3.8) is 0 Å². The number of nitrogens with two attached hydrogens (primary N) is 1. The van der Waals surface area contributed by atoms with E-state index in [1.165, 1.54) is 12.1 Å². The SMILES string of the molecule is NC(=O)CC[C@@H](NN1C(=O)c2ccccc2C1=O)C(=O)O. The van der Waals surface area contributed by atoms with Gasteiger partial charge >= 0.3 is 5.97 Å². The summed E-state index contributed by atoms with van der Waals surface area (Å²) < 4.78 is 0. The quantitative estimate of drug-likeness (QED) is 0.606. The number of carboxylic acids is 1. The standard InChI is InChI=1S/C13H13N3O5/c14-10(17)6-5-9(13(20)21)15-16-11(18)7-3-1-2-4-8(7)12(16)19/h1-4,9,15H,5-6H2,(H2,14,17)(H,20,21)/t9-/m1/s1. The highest BCUT2D eigenvalue weighted by Crippen LogP contribution is 2.21. The van der Waals surface area contributed by atoms with Crippen LogP contribution in [-0.2, 0) is 9.59 Å². The lowest BCUT2D eigenvalue weighted by Crippen LogP contribution is -2.51. The molecule has 0 aliphatic carbocycles. The number of carbonyl (C=O) groups excluding carboxylic acids is 3. The third-order valence-electron chi connectivity index (χ3n) is 3.06. The van der Waals surface area contributed by atoms with Crippen LogP contribution in [0.15, 0.2) is 24.3 Å². The van der Waals surface area contributed by atoms with Gasteiger partial charge in [0.2, 0.25) is 5.91 Å². The fraction of sp³-hybridized carbons (Fsp3) is 0.231. The highest BCUT2D eigenvalue weighted by molar-refractivity contribution is 6.21. The number of rotatable bonds is 6. The number of primary amides is 1. The van der Waals surface area contributed by atoms with Crippen molar-refractivity contribution < 1.29 is 24.3 Å². The van der Waals surface area contributed by atoms with Crippen LogP contribution in [0.2, 0.25) is 0 Å². The van der Waals surface area contributed by atoms with Crippen LogP contribution in [0.5, 0.6) is 0 Å². The van der Waals surface area contributed by atoms with Gasteiger partial charge in [-0.3, -0.25) is 19.2 Å². The van der Waals surface area contributed by atoms with Gasteiger partial charge in [0.25, 0.3) is 11.8 Å². The van der Waals surface area contributed by atoms with Crippen LogP contribution in [-0.4, -0.2) is 39.8 Å². The molecule has 3 amide bonds. The number of amides is 3. The number of benzene rings is 1. The number of hydrazine groups is 1. The molecule has 0 saturated heterocycles. The molecule has 4 N–H and O–H groups in total. The van der Waals surface area contributed by atoms with Crippen molar-refractivity contribution in [3.05, 3.63) is 35.4 Å². The first-order valence-corrected chi connectivity index (χ1v) is 6.17. The summed E-state index contributed by atoms with van der Waals surface area (Å²) in [6.45, 7) is 0. The molecular weight excluding hydrogens is 278 g/mol. The van der Waals surface area contributed by atoms with E-state index < -0.39 is 29.7 Å². The van der Waals surface area contributed by atoms with Crippen molar-refractivity contribution in [1.29, 1.82) is 0 Å². The van der Waals surface area contributed by atoms with Crippen LogP contribution < -0.4 is 11.2 Å². The number of nitrogens with one attached hydrogen (secondary N) is 1. The Labute approximate surface area is 119 Å². The number of nitrogens with zero attached hydrogens (tertiary/aromatic N) is 1. The normalized spacial score (nSPS) is 15.0. The minimum atomic E-state index is -1.28. The van der Waals surface area contributed by atoms with Gasteiger partial charge in [-0.2, -0.15) is 0 Å². The Balaban J connectivity index is 2.16. The zero-order chi connectivity index (χ0) is 15.6. The summed E-state index contributed by atoms with van der Waals surface area (Å²) in [5, 5.41) is 9.73. The van der Waals surface area contributed by atoms with Crippen molar-refractivity contribution in [2.45, 2.75) is 18.9 Å². The smallest absolute Gasteiger partial charge is 0.322 e. The molecule has 0 aromatic heterocycles. The predicted octanol–water partition coefficient (Wildman–Crippen LogP) is -0.494. The Bertz CT molecular complexity index is 593. The molecule has 0 fully saturated rings. The summed E-state index contributed by atoms with van der Waals surface area (Å²) in [5.41, 5.74) is 7.72. The summed E-state index contributed by atoms with van der Waals surface area (Å²) in [6.07, 6.45) is -0.300. The van der Waals surface area contributed by atoms with Crippen molar-refractivity contribution in [1.82, 2.24) is 10.4 Å². The Morgan fingerprint density at radius 2 is 1.71 bits per heavy atom. The maximum absolute atomic E-state index is 12.1. The second-order valence-electron chi connectivity index (χ2n) is 4.52. The summed E-state index contributed by atoms with van der Waals surface area (Å²) in [7, 11) is 0. The van der Waals surface area contributed by atoms with Gasteiger partial charge in [0.05, 0.1) is 11.1 Å². The second-order valence-corrected chi connectivity index (χ2v) is 4.52. The fourth-order valence-corrected chi connectivity index (χ4v) is 1.99. The molecule has 1 aliphatic heterocycles. The Morgan fingerprint density at radius 3 is 2.14 bits per heavy atom. The molecular formula is C13H13N3O5. The molecule has 1 atom stereocenters. The highest BCUT2D eigenvalue weighted by Gasteiger charge is 2.37. The lowest BCUT2D eigenvalue weighted by molar-refractivity contribution is -0.140. The number of carboxylic acid groups (broad SMARTS) is 1. The molecule has 0 unspecified atom stereocenters. The minimum Gasteiger partial charge on any atom is -0.480 e. The van der Waals surface area contributed by atoms with Gasteiger partial charge < -0.3 is 10.8 Å². The summed E-state index contributed by atoms with van der Waals surface area (Å²) >= 11 is 0. The zero-order valence-electron chi connectivity index (χ0n) is 10.9. The van der Waals surface area contributed by atoms with Gasteiger partial charge in [0.1, 0.15) is 6.04 Å². The molecule has 0 radical (unpaired) electrons. The lowest BCUT2D eigenvalue weighted by atomic mass is 10.1. The first-order chi connectivity index (χ1) is 9.91. The Kier molecular flexibility index (Phi) is 3.99. The first kappa shape index (κ1) is 14.7. The molecule has 0 saturated carbocycles. The number of aliphatic carboxylic acids is 1. The molecule has 1 aromatic carbocycles. The van der Waals surface area contributed by atoms with E-state index in [1.807, 2.05) is 0 Å². The van der Waals surface area contributed by atoms with Gasteiger partial charge in [-0.1, -0.05) is 12.1 Å². The largest absolute Gasteiger partial charge is 0.480 e. The molecule has 0 bridgehead atoms. The molecule has 8 heteroatoms. The first-order valence-electron chi connectivity index (χ1n) is 6.17. The van der Waals surface area contributed by atoms with Crippen molar-refractivity contribution in [3.8, 4) is 0 Å². The molecule has 0 spiro atoms. The average molecular weight is 291 g/mol. The van der Waals surface area contributed by atoms with E-state index in [1.54, 1.807) is 12.1 Å². The van der Waals surface area contributed by atoms with Crippen molar-refractivity contribution in [2.24, 2.45) is 5.73 Å². The van der Waals surface area contributed by atoms with Gasteiger partial charge in [0.15, 0.2) is 0 Å². The highest BCUT2D eigenvalue weighted by atomic mass is 16.4. The molecule has 1 heterocycles. The van der Waals surface area contributed by atoms with Crippen molar-refractivity contribution >= 4 is 23.7 Å². The maximum atomic E-state index is 12.1. The van der Waals surface area contributed by atoms with E-state index in [-0.39, 0.29) is 24.0 Å². The second kappa shape index (κ2) is 5.71. The number of hydrogen-bond donors (Lipinski definition) is 3. The van der Waals surface area contributed by atoms with Crippen molar-refractivity contribution in [2.75, 3.05) is 0 Å². The summed E-state index contributed by atoms with van der Waals surface area (Å²) in [5.74, 6) is -3.19. The number of carbonyl (C=O) groups is 4. The zero-order valence-corrected chi connectivity index (χ0v) is 10.9. The molecule has 2 rings (SSSR count). The summed E-state index contributed by atoms with van der Waals surface area (Å²) in [6, 6.07) is 4.91. The molecule has 110 valence electrons. The van der Waals surface area contributed by atoms with Gasteiger partial charge in [-0.05, 0) is 18.6 Å². The van der Waals surface area contributed by atoms with E-state index in [0.29, 0.717) is 5.01 Å². The fourth-order valence-electron chi connectivity index (χ4n) is 1.99. The number of hydrogen-bond acceptors (Lipinski definition) is 5. The topological polar surface area (TPSA) is 130 Å². The van der Waals surface area contributed by atoms with Crippen LogP contribution in [0, 0.1) is 0 Å². The maximum Gasteiger partial charge on any atom is 0.322 e. The van der Waals surface area contributed by atoms with Gasteiger partial charge in [0, 0.05) is 6.42 Å². The summed E-state index contributed by atoms with van der Waals surface area (Å²) in [4.78, 5) is 46.0. The van der Waals surface area contributed by atoms with Crippen LogP contribution >= 0.6 is 0 Å². The van der Waals surface area contributed by atoms with Crippen LogP contribution in [0.1, 0.15) is 33.6 Å².